The first-order valence-corrected chi connectivity index (χ1v) is 9.05. The van der Waals surface area contributed by atoms with Gasteiger partial charge >= 0.3 is 6.09 Å². The van der Waals surface area contributed by atoms with Crippen molar-refractivity contribution in [1.29, 1.82) is 5.26 Å². The van der Waals surface area contributed by atoms with Crippen molar-refractivity contribution < 1.29 is 14.3 Å². The lowest BCUT2D eigenvalue weighted by Gasteiger charge is -2.34. The van der Waals surface area contributed by atoms with Crippen LogP contribution in [0.3, 0.4) is 0 Å². The first-order valence-electron chi connectivity index (χ1n) is 9.05. The third kappa shape index (κ3) is 4.57. The number of rotatable bonds is 4. The fraction of sp³-hybridized carbons (Fsp3) is 0.300. The molecule has 0 bridgehead atoms. The molecule has 8 nitrogen and oxygen atoms in total. The number of anilines is 2. The number of amides is 2. The lowest BCUT2D eigenvalue weighted by atomic mass is 10.2. The summed E-state index contributed by atoms with van der Waals surface area (Å²) in [6, 6.07) is 12.6. The van der Waals surface area contributed by atoms with Gasteiger partial charge in [-0.05, 0) is 37.3 Å². The first kappa shape index (κ1) is 19.2. The van der Waals surface area contributed by atoms with Crippen LogP contribution >= 0.6 is 0 Å². The summed E-state index contributed by atoms with van der Waals surface area (Å²) in [5, 5.41) is 12.1. The zero-order valence-electron chi connectivity index (χ0n) is 15.6. The summed E-state index contributed by atoms with van der Waals surface area (Å²) in [6.45, 7) is 3.92. The molecule has 0 aliphatic carbocycles. The zero-order valence-corrected chi connectivity index (χ0v) is 15.6. The number of nitriles is 1. The minimum Gasteiger partial charge on any atom is -0.450 e. The molecule has 1 fully saturated rings. The van der Waals surface area contributed by atoms with Gasteiger partial charge in [0.05, 0.1) is 23.8 Å². The standard InChI is InChI=1S/C20H21N5O3/c1-2-28-20(27)25-10-8-24(9-11-25)19(26)16-6-7-18(22-14-16)23-17-5-3-4-15(12-17)13-21/h3-7,12,14H,2,8-11H2,1H3,(H,22,23). The molecule has 1 aromatic heterocycles. The number of hydrogen-bond acceptors (Lipinski definition) is 6. The van der Waals surface area contributed by atoms with Gasteiger partial charge in [-0.15, -0.1) is 0 Å². The number of aromatic nitrogens is 1. The van der Waals surface area contributed by atoms with Crippen LogP contribution in [0.2, 0.25) is 0 Å². The van der Waals surface area contributed by atoms with Gasteiger partial charge in [0.15, 0.2) is 0 Å². The van der Waals surface area contributed by atoms with E-state index in [0.29, 0.717) is 49.7 Å². The van der Waals surface area contributed by atoms with E-state index in [2.05, 4.69) is 16.4 Å². The molecule has 8 heteroatoms. The van der Waals surface area contributed by atoms with E-state index in [-0.39, 0.29) is 12.0 Å². The highest BCUT2D eigenvalue weighted by Gasteiger charge is 2.25. The summed E-state index contributed by atoms with van der Waals surface area (Å²) in [7, 11) is 0. The second kappa shape index (κ2) is 8.86. The predicted molar refractivity (Wildman–Crippen MR) is 103 cm³/mol. The number of carbonyl (C=O) groups excluding carboxylic acids is 2. The number of carbonyl (C=O) groups is 2. The number of benzene rings is 1. The van der Waals surface area contributed by atoms with Crippen molar-refractivity contribution in [2.75, 3.05) is 38.1 Å². The van der Waals surface area contributed by atoms with E-state index in [9.17, 15) is 9.59 Å². The molecule has 2 aromatic rings. The minimum absolute atomic E-state index is 0.117. The molecule has 3 rings (SSSR count). The van der Waals surface area contributed by atoms with E-state index in [1.165, 1.54) is 6.20 Å². The van der Waals surface area contributed by atoms with Crippen LogP contribution in [-0.2, 0) is 4.74 Å². The Morgan fingerprint density at radius 1 is 1.18 bits per heavy atom. The Bertz CT molecular complexity index is 883. The smallest absolute Gasteiger partial charge is 0.409 e. The van der Waals surface area contributed by atoms with Gasteiger partial charge in [-0.25, -0.2) is 9.78 Å². The van der Waals surface area contributed by atoms with Crippen molar-refractivity contribution in [3.63, 3.8) is 0 Å². The summed E-state index contributed by atoms with van der Waals surface area (Å²) >= 11 is 0. The molecule has 0 saturated carbocycles. The fourth-order valence-electron chi connectivity index (χ4n) is 2.90. The molecule has 1 saturated heterocycles. The highest BCUT2D eigenvalue weighted by Crippen LogP contribution is 2.17. The predicted octanol–water partition coefficient (Wildman–Crippen LogP) is 2.61. The maximum atomic E-state index is 12.6. The van der Waals surface area contributed by atoms with Crippen molar-refractivity contribution in [2.24, 2.45) is 0 Å². The van der Waals surface area contributed by atoms with Gasteiger partial charge in [-0.2, -0.15) is 5.26 Å². The van der Waals surface area contributed by atoms with E-state index >= 15 is 0 Å². The van der Waals surface area contributed by atoms with Crippen LogP contribution < -0.4 is 5.32 Å². The van der Waals surface area contributed by atoms with Crippen molar-refractivity contribution in [1.82, 2.24) is 14.8 Å². The maximum Gasteiger partial charge on any atom is 0.409 e. The molecule has 1 aliphatic rings. The first-order chi connectivity index (χ1) is 13.6. The van der Waals surface area contributed by atoms with Crippen LogP contribution in [0.5, 0.6) is 0 Å². The second-order valence-corrected chi connectivity index (χ2v) is 6.23. The van der Waals surface area contributed by atoms with E-state index in [1.54, 1.807) is 47.1 Å². The highest BCUT2D eigenvalue weighted by molar-refractivity contribution is 5.94. The van der Waals surface area contributed by atoms with Gasteiger partial charge in [0.1, 0.15) is 5.82 Å². The quantitative estimate of drug-likeness (QED) is 0.877. The lowest BCUT2D eigenvalue weighted by molar-refractivity contribution is 0.0570. The number of pyridine rings is 1. The van der Waals surface area contributed by atoms with E-state index < -0.39 is 0 Å². The van der Waals surface area contributed by atoms with Crippen LogP contribution in [0, 0.1) is 11.3 Å². The number of nitrogens with zero attached hydrogens (tertiary/aromatic N) is 4. The number of nitrogens with one attached hydrogen (secondary N) is 1. The summed E-state index contributed by atoms with van der Waals surface area (Å²) in [5.41, 5.74) is 1.79. The molecular formula is C20H21N5O3. The fourth-order valence-corrected chi connectivity index (χ4v) is 2.90. The number of ether oxygens (including phenoxy) is 1. The second-order valence-electron chi connectivity index (χ2n) is 6.23. The normalized spacial score (nSPS) is 13.6. The average molecular weight is 379 g/mol. The van der Waals surface area contributed by atoms with Crippen LogP contribution in [0.25, 0.3) is 0 Å². The van der Waals surface area contributed by atoms with E-state index in [0.717, 1.165) is 5.69 Å². The Balaban J connectivity index is 1.58. The molecule has 1 aromatic carbocycles. The van der Waals surface area contributed by atoms with Crippen molar-refractivity contribution in [3.8, 4) is 6.07 Å². The molecule has 2 heterocycles. The SMILES string of the molecule is CCOC(=O)N1CCN(C(=O)c2ccc(Nc3cccc(C#N)c3)nc2)CC1. The highest BCUT2D eigenvalue weighted by atomic mass is 16.6. The number of hydrogen-bond donors (Lipinski definition) is 1. The largest absolute Gasteiger partial charge is 0.450 e. The van der Waals surface area contributed by atoms with E-state index in [4.69, 9.17) is 10.00 Å². The zero-order chi connectivity index (χ0) is 19.9. The summed E-state index contributed by atoms with van der Waals surface area (Å²) in [4.78, 5) is 32.0. The van der Waals surface area contributed by atoms with Crippen LogP contribution in [0.4, 0.5) is 16.3 Å². The number of piperazine rings is 1. The Labute approximate surface area is 163 Å². The minimum atomic E-state index is -0.341. The molecule has 2 amide bonds. The molecule has 28 heavy (non-hydrogen) atoms. The molecule has 1 aliphatic heterocycles. The topological polar surface area (TPSA) is 98.6 Å². The molecule has 0 unspecified atom stereocenters. The monoisotopic (exact) mass is 379 g/mol. The summed E-state index contributed by atoms with van der Waals surface area (Å²) in [6.07, 6.45) is 1.18. The van der Waals surface area contributed by atoms with Crippen molar-refractivity contribution in [3.05, 3.63) is 53.7 Å². The molecule has 0 atom stereocenters. The Morgan fingerprint density at radius 3 is 2.57 bits per heavy atom. The van der Waals surface area contributed by atoms with Gasteiger partial charge in [0.2, 0.25) is 0 Å². The van der Waals surface area contributed by atoms with Crippen LogP contribution in [0.15, 0.2) is 42.6 Å². The van der Waals surface area contributed by atoms with E-state index in [1.807, 2.05) is 6.07 Å². The van der Waals surface area contributed by atoms with Crippen LogP contribution in [-0.4, -0.2) is 59.6 Å². The maximum absolute atomic E-state index is 12.6. The van der Waals surface area contributed by atoms with Gasteiger partial charge in [-0.3, -0.25) is 4.79 Å². The molecule has 0 spiro atoms. The van der Waals surface area contributed by atoms with Gasteiger partial charge in [0.25, 0.3) is 5.91 Å². The van der Waals surface area contributed by atoms with Gasteiger partial charge < -0.3 is 19.9 Å². The Hall–Kier alpha value is -3.60. The van der Waals surface area contributed by atoms with Crippen LogP contribution in [0.1, 0.15) is 22.8 Å². The van der Waals surface area contributed by atoms with Crippen molar-refractivity contribution in [2.45, 2.75) is 6.92 Å². The lowest BCUT2D eigenvalue weighted by Crippen LogP contribution is -2.50. The van der Waals surface area contributed by atoms with Gasteiger partial charge in [-0.1, -0.05) is 6.07 Å². The molecule has 144 valence electrons. The summed E-state index contributed by atoms with van der Waals surface area (Å²) in [5.74, 6) is 0.466. The van der Waals surface area contributed by atoms with Crippen molar-refractivity contribution >= 4 is 23.5 Å². The third-order valence-corrected chi connectivity index (χ3v) is 4.37. The average Bonchev–Trinajstić information content (AvgIpc) is 2.74. The Kier molecular flexibility index (Phi) is 6.07. The third-order valence-electron chi connectivity index (χ3n) is 4.37. The molecular weight excluding hydrogens is 358 g/mol. The molecule has 0 radical (unpaired) electrons. The molecule has 1 N–H and O–H groups in total. The summed E-state index contributed by atoms with van der Waals surface area (Å²) < 4.78 is 4.99. The van der Waals surface area contributed by atoms with Gasteiger partial charge in [0, 0.05) is 38.1 Å². The Morgan fingerprint density at radius 2 is 1.93 bits per heavy atom.